The lowest BCUT2D eigenvalue weighted by Gasteiger charge is -2.26. The fourth-order valence-electron chi connectivity index (χ4n) is 3.57. The van der Waals surface area contributed by atoms with Gasteiger partial charge >= 0.3 is 0 Å². The van der Waals surface area contributed by atoms with Crippen LogP contribution in [0.15, 0.2) is 30.6 Å². The van der Waals surface area contributed by atoms with Crippen LogP contribution in [0.1, 0.15) is 34.7 Å². The van der Waals surface area contributed by atoms with Gasteiger partial charge < -0.3 is 15.0 Å². The zero-order valence-electron chi connectivity index (χ0n) is 14.2. The van der Waals surface area contributed by atoms with E-state index in [0.29, 0.717) is 6.04 Å². The Balaban J connectivity index is 1.37. The minimum absolute atomic E-state index is 0.444. The molecule has 2 heterocycles. The number of nitrogens with one attached hydrogen (secondary N) is 1. The average Bonchev–Trinajstić information content (AvgIpc) is 3.03. The van der Waals surface area contributed by atoms with Crippen LogP contribution in [0.4, 0.5) is 5.95 Å². The van der Waals surface area contributed by atoms with Crippen LogP contribution in [0.25, 0.3) is 0 Å². The van der Waals surface area contributed by atoms with Gasteiger partial charge in [0, 0.05) is 43.6 Å². The van der Waals surface area contributed by atoms with Crippen LogP contribution in [-0.2, 0) is 17.7 Å². The molecule has 24 heavy (non-hydrogen) atoms. The molecule has 1 aromatic carbocycles. The number of hydrogen-bond acceptors (Lipinski definition) is 5. The molecule has 0 bridgehead atoms. The van der Waals surface area contributed by atoms with E-state index in [1.54, 1.807) is 0 Å². The summed E-state index contributed by atoms with van der Waals surface area (Å²) in [5.41, 5.74) is 5.42. The Labute approximate surface area is 143 Å². The van der Waals surface area contributed by atoms with Gasteiger partial charge in [0.05, 0.1) is 13.2 Å². The monoisotopic (exact) mass is 324 g/mol. The summed E-state index contributed by atoms with van der Waals surface area (Å²) in [6.45, 7) is 6.22. The predicted molar refractivity (Wildman–Crippen MR) is 94.1 cm³/mol. The summed E-state index contributed by atoms with van der Waals surface area (Å²) in [7, 11) is 0. The van der Waals surface area contributed by atoms with Gasteiger partial charge in [0.15, 0.2) is 0 Å². The van der Waals surface area contributed by atoms with Crippen LogP contribution in [0, 0.1) is 6.92 Å². The smallest absolute Gasteiger partial charge is 0.225 e. The summed E-state index contributed by atoms with van der Waals surface area (Å²) in [5.74, 6) is 0.809. The number of hydrogen-bond donors (Lipinski definition) is 1. The van der Waals surface area contributed by atoms with Crippen LogP contribution < -0.4 is 10.2 Å². The molecule has 1 aromatic heterocycles. The lowest BCUT2D eigenvalue weighted by molar-refractivity contribution is 0.122. The highest BCUT2D eigenvalue weighted by molar-refractivity contribution is 5.37. The maximum absolute atomic E-state index is 5.37. The van der Waals surface area contributed by atoms with Gasteiger partial charge in [-0.25, -0.2) is 9.97 Å². The van der Waals surface area contributed by atoms with Crippen molar-refractivity contribution >= 4 is 5.95 Å². The Hall–Kier alpha value is -1.98. The molecular formula is C19H24N4O. The molecule has 0 saturated carbocycles. The Kier molecular flexibility index (Phi) is 4.45. The second kappa shape index (κ2) is 6.87. The number of morpholine rings is 1. The summed E-state index contributed by atoms with van der Waals surface area (Å²) in [6, 6.07) is 7.24. The first-order chi connectivity index (χ1) is 11.8. The lowest BCUT2D eigenvalue weighted by atomic mass is 10.1. The first kappa shape index (κ1) is 15.5. The molecule has 126 valence electrons. The van der Waals surface area contributed by atoms with Gasteiger partial charge in [-0.15, -0.1) is 0 Å². The zero-order chi connectivity index (χ0) is 16.4. The number of nitrogens with zero attached hydrogens (tertiary/aromatic N) is 3. The molecule has 0 amide bonds. The third kappa shape index (κ3) is 3.28. The number of fused-ring (bicyclic) bond motifs is 1. The second-order valence-electron chi connectivity index (χ2n) is 6.67. The molecule has 5 heteroatoms. The van der Waals surface area contributed by atoms with E-state index in [0.717, 1.165) is 44.4 Å². The van der Waals surface area contributed by atoms with E-state index >= 15 is 0 Å². The van der Waals surface area contributed by atoms with E-state index in [1.807, 2.05) is 12.4 Å². The normalized spacial score (nSPS) is 20.2. The maximum Gasteiger partial charge on any atom is 0.225 e. The van der Waals surface area contributed by atoms with Gasteiger partial charge in [0.1, 0.15) is 0 Å². The maximum atomic E-state index is 5.37. The topological polar surface area (TPSA) is 50.3 Å². The molecular weight excluding hydrogens is 300 g/mol. The van der Waals surface area contributed by atoms with E-state index in [9.17, 15) is 0 Å². The molecule has 0 radical (unpaired) electrons. The molecule has 0 spiro atoms. The summed E-state index contributed by atoms with van der Waals surface area (Å²) in [4.78, 5) is 11.2. The SMILES string of the molecule is Cc1ccc2c(c1)CC[C@@H]2NCc1cnc(N2CCOCC2)nc1. The quantitative estimate of drug-likeness (QED) is 0.936. The molecule has 1 saturated heterocycles. The van der Waals surface area contributed by atoms with Crippen molar-refractivity contribution in [2.45, 2.75) is 32.4 Å². The fourth-order valence-corrected chi connectivity index (χ4v) is 3.57. The number of rotatable bonds is 4. The van der Waals surface area contributed by atoms with Crippen molar-refractivity contribution in [1.29, 1.82) is 0 Å². The summed E-state index contributed by atoms with van der Waals surface area (Å²) >= 11 is 0. The van der Waals surface area contributed by atoms with E-state index in [-0.39, 0.29) is 0 Å². The van der Waals surface area contributed by atoms with Crippen LogP contribution in [0.5, 0.6) is 0 Å². The molecule has 4 rings (SSSR count). The van der Waals surface area contributed by atoms with E-state index in [4.69, 9.17) is 4.74 Å². The van der Waals surface area contributed by atoms with Gasteiger partial charge in [-0.05, 0) is 30.9 Å². The van der Waals surface area contributed by atoms with Crippen molar-refractivity contribution in [2.75, 3.05) is 31.2 Å². The number of anilines is 1. The van der Waals surface area contributed by atoms with Gasteiger partial charge in [-0.3, -0.25) is 0 Å². The van der Waals surface area contributed by atoms with Crippen LogP contribution in [0.3, 0.4) is 0 Å². The minimum Gasteiger partial charge on any atom is -0.378 e. The van der Waals surface area contributed by atoms with Crippen molar-refractivity contribution < 1.29 is 4.74 Å². The number of benzene rings is 1. The highest BCUT2D eigenvalue weighted by Gasteiger charge is 2.21. The van der Waals surface area contributed by atoms with Crippen molar-refractivity contribution in [3.8, 4) is 0 Å². The van der Waals surface area contributed by atoms with Gasteiger partial charge in [0.2, 0.25) is 5.95 Å². The zero-order valence-corrected chi connectivity index (χ0v) is 14.2. The number of aromatic nitrogens is 2. The summed E-state index contributed by atoms with van der Waals surface area (Å²) in [6.07, 6.45) is 6.22. The number of ether oxygens (including phenoxy) is 1. The lowest BCUT2D eigenvalue weighted by Crippen LogP contribution is -2.37. The average molecular weight is 324 g/mol. The number of aryl methyl sites for hydroxylation is 2. The third-order valence-electron chi connectivity index (χ3n) is 4.91. The molecule has 1 fully saturated rings. The summed E-state index contributed by atoms with van der Waals surface area (Å²) in [5, 5.41) is 3.66. The van der Waals surface area contributed by atoms with Crippen LogP contribution >= 0.6 is 0 Å². The Morgan fingerprint density at radius 1 is 1.21 bits per heavy atom. The van der Waals surface area contributed by atoms with Crippen molar-refractivity contribution in [3.63, 3.8) is 0 Å². The van der Waals surface area contributed by atoms with Gasteiger partial charge in [-0.1, -0.05) is 23.8 Å². The molecule has 1 atom stereocenters. The van der Waals surface area contributed by atoms with Crippen molar-refractivity contribution in [1.82, 2.24) is 15.3 Å². The largest absolute Gasteiger partial charge is 0.378 e. The Morgan fingerprint density at radius 2 is 2.00 bits per heavy atom. The highest BCUT2D eigenvalue weighted by atomic mass is 16.5. The van der Waals surface area contributed by atoms with Crippen molar-refractivity contribution in [3.05, 3.63) is 52.8 Å². The van der Waals surface area contributed by atoms with Crippen molar-refractivity contribution in [2.24, 2.45) is 0 Å². The second-order valence-corrected chi connectivity index (χ2v) is 6.67. The van der Waals surface area contributed by atoms with Crippen LogP contribution in [0.2, 0.25) is 0 Å². The molecule has 2 aromatic rings. The van der Waals surface area contributed by atoms with E-state index in [1.165, 1.54) is 29.5 Å². The van der Waals surface area contributed by atoms with E-state index < -0.39 is 0 Å². The van der Waals surface area contributed by atoms with Crippen LogP contribution in [-0.4, -0.2) is 36.3 Å². The molecule has 0 unspecified atom stereocenters. The minimum atomic E-state index is 0.444. The predicted octanol–water partition coefficient (Wildman–Crippen LogP) is 2.40. The molecule has 1 aliphatic heterocycles. The highest BCUT2D eigenvalue weighted by Crippen LogP contribution is 2.31. The van der Waals surface area contributed by atoms with E-state index in [2.05, 4.69) is 45.3 Å². The first-order valence-corrected chi connectivity index (χ1v) is 8.76. The third-order valence-corrected chi connectivity index (χ3v) is 4.91. The Bertz CT molecular complexity index is 695. The Morgan fingerprint density at radius 3 is 2.79 bits per heavy atom. The standard InChI is InChI=1S/C19H24N4O/c1-14-2-4-17-16(10-14)3-5-18(17)20-11-15-12-21-19(22-13-15)23-6-8-24-9-7-23/h2,4,10,12-13,18,20H,3,5-9,11H2,1H3/t18-/m0/s1. The molecule has 2 aliphatic rings. The first-order valence-electron chi connectivity index (χ1n) is 8.76. The van der Waals surface area contributed by atoms with Gasteiger partial charge in [0.25, 0.3) is 0 Å². The molecule has 5 nitrogen and oxygen atoms in total. The molecule has 1 N–H and O–H groups in total. The van der Waals surface area contributed by atoms with Gasteiger partial charge in [-0.2, -0.15) is 0 Å². The molecule has 1 aliphatic carbocycles. The fraction of sp³-hybridized carbons (Fsp3) is 0.474. The summed E-state index contributed by atoms with van der Waals surface area (Å²) < 4.78 is 5.37.